The topological polar surface area (TPSA) is 66.9 Å². The molecule has 0 bridgehead atoms. The van der Waals surface area contributed by atoms with Gasteiger partial charge in [-0.15, -0.1) is 13.2 Å². The zero-order valence-electron chi connectivity index (χ0n) is 19.9. The summed E-state index contributed by atoms with van der Waals surface area (Å²) in [6.07, 6.45) is 1.02. The molecule has 2 aromatic rings. The Labute approximate surface area is 207 Å². The molecule has 1 amide bonds. The highest BCUT2D eigenvalue weighted by Crippen LogP contribution is 2.42. The van der Waals surface area contributed by atoms with Gasteiger partial charge in [0.25, 0.3) is 5.91 Å². The van der Waals surface area contributed by atoms with Crippen molar-refractivity contribution >= 4 is 28.7 Å². The molecule has 7 nitrogen and oxygen atoms in total. The van der Waals surface area contributed by atoms with Gasteiger partial charge in [0.2, 0.25) is 0 Å². The molecular formula is C26H27F3N4O3. The van der Waals surface area contributed by atoms with Gasteiger partial charge in [-0.2, -0.15) is 0 Å². The third kappa shape index (κ3) is 5.04. The van der Waals surface area contributed by atoms with E-state index in [0.29, 0.717) is 37.4 Å². The van der Waals surface area contributed by atoms with Crippen LogP contribution in [-0.2, 0) is 9.53 Å². The highest BCUT2D eigenvalue weighted by Gasteiger charge is 2.33. The van der Waals surface area contributed by atoms with Crippen molar-refractivity contribution in [1.82, 2.24) is 4.98 Å². The van der Waals surface area contributed by atoms with Crippen LogP contribution in [0.2, 0.25) is 0 Å². The second kappa shape index (κ2) is 9.85. The minimum atomic E-state index is -4.81. The monoisotopic (exact) mass is 500 g/mol. The van der Waals surface area contributed by atoms with Crippen LogP contribution < -0.4 is 19.9 Å². The van der Waals surface area contributed by atoms with Crippen LogP contribution >= 0.6 is 0 Å². The molecule has 5 rings (SSSR count). The van der Waals surface area contributed by atoms with Crippen LogP contribution in [0.3, 0.4) is 0 Å². The van der Waals surface area contributed by atoms with Gasteiger partial charge in [0, 0.05) is 37.6 Å². The minimum absolute atomic E-state index is 0.290. The molecule has 0 saturated carbocycles. The van der Waals surface area contributed by atoms with Crippen molar-refractivity contribution in [1.29, 1.82) is 0 Å². The molecular weight excluding hydrogens is 473 g/mol. The summed E-state index contributed by atoms with van der Waals surface area (Å²) < 4.78 is 47.8. The number of hydrogen-bond donors (Lipinski definition) is 1. The minimum Gasteiger partial charge on any atom is -0.406 e. The number of nitrogens with zero attached hydrogens (tertiary/aromatic N) is 3. The van der Waals surface area contributed by atoms with Crippen molar-refractivity contribution in [3.8, 4) is 5.75 Å². The standard InChI is InChI=1S/C26H27F3N4O3/c1-2-9-33-22-5-3-17(18-7-8-30-24(15-18)32-10-12-35-13-11-32)14-20(22)25(34)31-21-16-19(4-6-23(21)33)36-26(27,28)29/h4,6-8,14-16H,2-3,5,9-13H2,1H3,(H,31,34). The second-order valence-electron chi connectivity index (χ2n) is 8.86. The van der Waals surface area contributed by atoms with E-state index in [1.54, 1.807) is 12.3 Å². The summed E-state index contributed by atoms with van der Waals surface area (Å²) in [6.45, 7) is 5.52. The Morgan fingerprint density at radius 3 is 2.69 bits per heavy atom. The van der Waals surface area contributed by atoms with Crippen molar-refractivity contribution in [2.45, 2.75) is 32.5 Å². The smallest absolute Gasteiger partial charge is 0.406 e. The predicted octanol–water partition coefficient (Wildman–Crippen LogP) is 5.12. The molecule has 1 aliphatic carbocycles. The van der Waals surface area contributed by atoms with Crippen LogP contribution in [-0.4, -0.2) is 50.1 Å². The summed E-state index contributed by atoms with van der Waals surface area (Å²) in [5.74, 6) is 0.147. The Balaban J connectivity index is 1.49. The number of morpholine rings is 1. The van der Waals surface area contributed by atoms with Crippen molar-refractivity contribution in [2.24, 2.45) is 0 Å². The van der Waals surface area contributed by atoms with Crippen LogP contribution in [0.15, 0.2) is 53.9 Å². The number of fused-ring (bicyclic) bond motifs is 1. The van der Waals surface area contributed by atoms with Crippen LogP contribution in [0.5, 0.6) is 5.75 Å². The maximum absolute atomic E-state index is 13.3. The Bertz CT molecular complexity index is 1220. The molecule has 190 valence electrons. The first-order valence-corrected chi connectivity index (χ1v) is 12.0. The molecule has 0 unspecified atom stereocenters. The number of pyridine rings is 1. The molecule has 10 heteroatoms. The van der Waals surface area contributed by atoms with Crippen LogP contribution in [0.25, 0.3) is 5.57 Å². The van der Waals surface area contributed by atoms with Crippen LogP contribution in [0, 0.1) is 0 Å². The first kappa shape index (κ1) is 24.2. The van der Waals surface area contributed by atoms with Crippen molar-refractivity contribution in [3.63, 3.8) is 0 Å². The zero-order valence-corrected chi connectivity index (χ0v) is 19.9. The second-order valence-corrected chi connectivity index (χ2v) is 8.86. The van der Waals surface area contributed by atoms with Crippen molar-refractivity contribution < 1.29 is 27.4 Å². The normalized spacial score (nSPS) is 18.2. The van der Waals surface area contributed by atoms with Gasteiger partial charge in [-0.25, -0.2) is 4.98 Å². The number of amides is 1. The average Bonchev–Trinajstić information content (AvgIpc) is 2.98. The third-order valence-electron chi connectivity index (χ3n) is 6.47. The maximum atomic E-state index is 13.3. The van der Waals surface area contributed by atoms with E-state index in [0.717, 1.165) is 48.6 Å². The van der Waals surface area contributed by atoms with E-state index in [4.69, 9.17) is 4.74 Å². The fourth-order valence-corrected chi connectivity index (χ4v) is 4.87. The lowest BCUT2D eigenvalue weighted by Gasteiger charge is -2.31. The molecule has 0 radical (unpaired) electrons. The fraction of sp³-hybridized carbons (Fsp3) is 0.385. The van der Waals surface area contributed by atoms with E-state index in [-0.39, 0.29) is 17.3 Å². The zero-order chi connectivity index (χ0) is 25.3. The largest absolute Gasteiger partial charge is 0.573 e. The number of allylic oxidation sites excluding steroid dienone is 2. The number of nitrogens with one attached hydrogen (secondary N) is 1. The fourth-order valence-electron chi connectivity index (χ4n) is 4.87. The number of anilines is 3. The molecule has 0 atom stereocenters. The van der Waals surface area contributed by atoms with Crippen LogP contribution in [0.1, 0.15) is 31.7 Å². The van der Waals surface area contributed by atoms with Gasteiger partial charge in [0.05, 0.1) is 30.2 Å². The van der Waals surface area contributed by atoms with E-state index in [1.165, 1.54) is 12.1 Å². The molecule has 1 fully saturated rings. The lowest BCUT2D eigenvalue weighted by molar-refractivity contribution is -0.274. The van der Waals surface area contributed by atoms with Gasteiger partial charge < -0.3 is 24.6 Å². The first-order chi connectivity index (χ1) is 17.3. The molecule has 1 aromatic carbocycles. The molecule has 1 saturated heterocycles. The summed E-state index contributed by atoms with van der Waals surface area (Å²) in [7, 11) is 0. The number of aromatic nitrogens is 1. The van der Waals surface area contributed by atoms with E-state index in [1.807, 2.05) is 30.0 Å². The molecule has 2 aliphatic heterocycles. The lowest BCUT2D eigenvalue weighted by Crippen LogP contribution is -2.36. The number of ether oxygens (including phenoxy) is 2. The Morgan fingerprint density at radius 1 is 1.14 bits per heavy atom. The number of carbonyl (C=O) groups is 1. The first-order valence-electron chi connectivity index (χ1n) is 12.0. The average molecular weight is 501 g/mol. The Hall–Kier alpha value is -3.53. The third-order valence-corrected chi connectivity index (χ3v) is 6.47. The van der Waals surface area contributed by atoms with Gasteiger partial charge in [-0.3, -0.25) is 4.79 Å². The summed E-state index contributed by atoms with van der Waals surface area (Å²) >= 11 is 0. The molecule has 3 aliphatic rings. The van der Waals surface area contributed by atoms with E-state index in [9.17, 15) is 18.0 Å². The quantitative estimate of drug-likeness (QED) is 0.615. The van der Waals surface area contributed by atoms with E-state index in [2.05, 4.69) is 19.9 Å². The summed E-state index contributed by atoms with van der Waals surface area (Å²) in [6, 6.07) is 8.05. The summed E-state index contributed by atoms with van der Waals surface area (Å²) in [4.78, 5) is 22.0. The Kier molecular flexibility index (Phi) is 6.61. The number of carbonyl (C=O) groups excluding carboxylic acids is 1. The van der Waals surface area contributed by atoms with Gasteiger partial charge >= 0.3 is 6.36 Å². The number of rotatable bonds is 5. The van der Waals surface area contributed by atoms with Gasteiger partial charge in [-0.1, -0.05) is 6.92 Å². The number of benzene rings is 1. The molecule has 1 N–H and O–H groups in total. The highest BCUT2D eigenvalue weighted by molar-refractivity contribution is 6.11. The number of alkyl halides is 3. The van der Waals surface area contributed by atoms with Gasteiger partial charge in [0.1, 0.15) is 11.6 Å². The summed E-state index contributed by atoms with van der Waals surface area (Å²) in [5, 5.41) is 2.81. The molecule has 3 heterocycles. The van der Waals surface area contributed by atoms with E-state index < -0.39 is 6.36 Å². The predicted molar refractivity (Wildman–Crippen MR) is 131 cm³/mol. The van der Waals surface area contributed by atoms with Crippen LogP contribution in [0.4, 0.5) is 30.4 Å². The van der Waals surface area contributed by atoms with Crippen molar-refractivity contribution in [2.75, 3.05) is 48.0 Å². The molecule has 1 aromatic heterocycles. The highest BCUT2D eigenvalue weighted by atomic mass is 19.4. The summed E-state index contributed by atoms with van der Waals surface area (Å²) in [5.41, 5.74) is 4.34. The SMILES string of the molecule is CCCN1C2=C(C=C(c3ccnc(N4CCOCC4)c3)CC2)C(=O)Nc2cc(OC(F)(F)F)ccc21. The molecule has 0 spiro atoms. The number of hydrogen-bond acceptors (Lipinski definition) is 6. The van der Waals surface area contributed by atoms with E-state index >= 15 is 0 Å². The van der Waals surface area contributed by atoms with Gasteiger partial charge in [-0.05, 0) is 60.7 Å². The van der Waals surface area contributed by atoms with Gasteiger partial charge in [0.15, 0.2) is 0 Å². The molecule has 36 heavy (non-hydrogen) atoms. The van der Waals surface area contributed by atoms with Crippen molar-refractivity contribution in [3.05, 3.63) is 59.4 Å². The number of halogens is 3. The Morgan fingerprint density at radius 2 is 1.94 bits per heavy atom. The lowest BCUT2D eigenvalue weighted by atomic mass is 9.91. The maximum Gasteiger partial charge on any atom is 0.573 e.